The van der Waals surface area contributed by atoms with Crippen LogP contribution in [0.15, 0.2) is 21.4 Å². The molecule has 0 aliphatic rings. The van der Waals surface area contributed by atoms with Crippen molar-refractivity contribution in [2.45, 2.75) is 16.2 Å². The Morgan fingerprint density at radius 3 is 2.39 bits per heavy atom. The van der Waals surface area contributed by atoms with Gasteiger partial charge in [0.25, 0.3) is 0 Å². The van der Waals surface area contributed by atoms with Gasteiger partial charge in [-0.25, -0.2) is 8.78 Å². The van der Waals surface area contributed by atoms with Gasteiger partial charge in [0.2, 0.25) is 0 Å². The summed E-state index contributed by atoms with van der Waals surface area (Å²) in [5.41, 5.74) is 5.20. The highest BCUT2D eigenvalue weighted by Crippen LogP contribution is 2.34. The third-order valence-electron chi connectivity index (χ3n) is 2.01. The molecule has 8 heteroatoms. The van der Waals surface area contributed by atoms with Crippen LogP contribution in [0.3, 0.4) is 0 Å². The van der Waals surface area contributed by atoms with Gasteiger partial charge in [-0.05, 0) is 19.1 Å². The maximum absolute atomic E-state index is 13.7. The largest absolute Gasteiger partial charge is 0.384 e. The van der Waals surface area contributed by atoms with E-state index in [0.717, 1.165) is 28.9 Å². The van der Waals surface area contributed by atoms with Crippen LogP contribution in [0.2, 0.25) is 0 Å². The lowest BCUT2D eigenvalue weighted by atomic mass is 10.2. The van der Waals surface area contributed by atoms with Gasteiger partial charge in [-0.3, -0.25) is 5.41 Å². The summed E-state index contributed by atoms with van der Waals surface area (Å²) in [5.74, 6) is -1.91. The molecule has 0 atom stereocenters. The zero-order valence-corrected chi connectivity index (χ0v) is 10.8. The van der Waals surface area contributed by atoms with E-state index >= 15 is 0 Å². The number of nitrogens with two attached hydrogens (primary N) is 1. The molecular formula is C10H8F2N4S2. The van der Waals surface area contributed by atoms with E-state index in [1.54, 1.807) is 6.92 Å². The van der Waals surface area contributed by atoms with Crippen LogP contribution in [-0.2, 0) is 0 Å². The first kappa shape index (κ1) is 12.9. The van der Waals surface area contributed by atoms with Crippen LogP contribution in [0.4, 0.5) is 8.78 Å². The maximum Gasteiger partial charge on any atom is 0.179 e. The molecule has 2 rings (SSSR count). The second-order valence-electron chi connectivity index (χ2n) is 3.37. The number of hydrogen-bond acceptors (Lipinski definition) is 5. The van der Waals surface area contributed by atoms with E-state index in [9.17, 15) is 8.78 Å². The predicted octanol–water partition coefficient (Wildman–Crippen LogP) is 2.56. The molecule has 3 N–H and O–H groups in total. The smallest absolute Gasteiger partial charge is 0.179 e. The van der Waals surface area contributed by atoms with Crippen LogP contribution in [-0.4, -0.2) is 16.0 Å². The van der Waals surface area contributed by atoms with Crippen LogP contribution >= 0.6 is 23.1 Å². The van der Waals surface area contributed by atoms with E-state index in [2.05, 4.69) is 10.2 Å². The van der Waals surface area contributed by atoms with Gasteiger partial charge < -0.3 is 5.73 Å². The highest BCUT2D eigenvalue weighted by atomic mass is 32.2. The number of benzene rings is 1. The number of nitrogens with zero attached hydrogens (tertiary/aromatic N) is 2. The van der Waals surface area contributed by atoms with Crippen molar-refractivity contribution in [2.24, 2.45) is 5.73 Å². The molecule has 0 spiro atoms. The Morgan fingerprint density at radius 1 is 1.33 bits per heavy atom. The number of aromatic nitrogens is 2. The summed E-state index contributed by atoms with van der Waals surface area (Å²) in [5, 5.41) is 15.4. The number of nitrogens with one attached hydrogen (secondary N) is 1. The molecule has 0 amide bonds. The second kappa shape index (κ2) is 4.99. The van der Waals surface area contributed by atoms with Gasteiger partial charge in [0.15, 0.2) is 4.34 Å². The lowest BCUT2D eigenvalue weighted by Crippen LogP contribution is -2.12. The molecule has 94 valence electrons. The molecular weight excluding hydrogens is 278 g/mol. The van der Waals surface area contributed by atoms with E-state index in [1.807, 2.05) is 0 Å². The molecule has 1 aromatic heterocycles. The summed E-state index contributed by atoms with van der Waals surface area (Å²) in [4.78, 5) is -0.170. The van der Waals surface area contributed by atoms with Crippen molar-refractivity contribution in [3.63, 3.8) is 0 Å². The number of halogens is 2. The molecule has 4 nitrogen and oxygen atoms in total. The molecule has 1 heterocycles. The standard InChI is InChI=1S/C10H8F2N4S2/c1-4-15-16-10(17-4)18-8-6(11)2-5(9(13)14)3-7(8)12/h2-3H,1H3,(H3,13,14). The predicted molar refractivity (Wildman–Crippen MR) is 66.1 cm³/mol. The Hall–Kier alpha value is -1.54. The van der Waals surface area contributed by atoms with E-state index in [-0.39, 0.29) is 16.3 Å². The summed E-state index contributed by atoms with van der Waals surface area (Å²) in [6.07, 6.45) is 0. The Bertz CT molecular complexity index is 589. The van der Waals surface area contributed by atoms with Crippen molar-refractivity contribution < 1.29 is 8.78 Å². The highest BCUT2D eigenvalue weighted by molar-refractivity contribution is 8.01. The summed E-state index contributed by atoms with van der Waals surface area (Å²) >= 11 is 2.12. The number of nitrogen functional groups attached to an aromatic ring is 1. The van der Waals surface area contributed by atoms with Crippen molar-refractivity contribution in [3.05, 3.63) is 34.3 Å². The maximum atomic E-state index is 13.7. The molecule has 0 saturated heterocycles. The van der Waals surface area contributed by atoms with Crippen molar-refractivity contribution in [1.82, 2.24) is 10.2 Å². The minimum Gasteiger partial charge on any atom is -0.384 e. The van der Waals surface area contributed by atoms with Crippen molar-refractivity contribution >= 4 is 28.9 Å². The first-order chi connectivity index (χ1) is 8.47. The Balaban J connectivity index is 2.37. The zero-order chi connectivity index (χ0) is 13.3. The summed E-state index contributed by atoms with van der Waals surface area (Å²) in [7, 11) is 0. The van der Waals surface area contributed by atoms with Crippen molar-refractivity contribution in [3.8, 4) is 0 Å². The monoisotopic (exact) mass is 286 g/mol. The van der Waals surface area contributed by atoms with E-state index < -0.39 is 11.6 Å². The Kier molecular flexibility index (Phi) is 3.58. The SMILES string of the molecule is Cc1nnc(Sc2c(F)cc(C(=N)N)cc2F)s1. The third kappa shape index (κ3) is 2.65. The quantitative estimate of drug-likeness (QED) is 0.671. The lowest BCUT2D eigenvalue weighted by Gasteiger charge is -2.05. The van der Waals surface area contributed by atoms with Crippen LogP contribution in [0, 0.1) is 24.0 Å². The fourth-order valence-electron chi connectivity index (χ4n) is 1.22. The minimum atomic E-state index is -0.766. The van der Waals surface area contributed by atoms with Crippen LogP contribution in [0.5, 0.6) is 0 Å². The first-order valence-corrected chi connectivity index (χ1v) is 6.42. The van der Waals surface area contributed by atoms with Crippen molar-refractivity contribution in [1.29, 1.82) is 5.41 Å². The van der Waals surface area contributed by atoms with Crippen LogP contribution in [0.25, 0.3) is 0 Å². The van der Waals surface area contributed by atoms with Gasteiger partial charge >= 0.3 is 0 Å². The fraction of sp³-hybridized carbons (Fsp3) is 0.100. The minimum absolute atomic E-state index is 0.0165. The van der Waals surface area contributed by atoms with Gasteiger partial charge in [-0.1, -0.05) is 23.1 Å². The topological polar surface area (TPSA) is 75.7 Å². The van der Waals surface area contributed by atoms with Gasteiger partial charge in [-0.2, -0.15) is 0 Å². The average Bonchev–Trinajstić information content (AvgIpc) is 2.69. The molecule has 0 aliphatic carbocycles. The molecule has 0 fully saturated rings. The summed E-state index contributed by atoms with van der Waals surface area (Å²) in [6.45, 7) is 1.76. The third-order valence-corrected chi connectivity index (χ3v) is 3.99. The van der Waals surface area contributed by atoms with Gasteiger partial charge in [-0.15, -0.1) is 10.2 Å². The normalized spacial score (nSPS) is 10.6. The second-order valence-corrected chi connectivity index (χ2v) is 5.81. The molecule has 1 aromatic carbocycles. The van der Waals surface area contributed by atoms with Gasteiger partial charge in [0.05, 0.1) is 4.90 Å². The summed E-state index contributed by atoms with van der Waals surface area (Å²) < 4.78 is 27.9. The van der Waals surface area contributed by atoms with Gasteiger partial charge in [0, 0.05) is 5.56 Å². The Morgan fingerprint density at radius 2 is 1.94 bits per heavy atom. The molecule has 0 aliphatic heterocycles. The van der Waals surface area contributed by atoms with Crippen molar-refractivity contribution in [2.75, 3.05) is 0 Å². The zero-order valence-electron chi connectivity index (χ0n) is 9.20. The van der Waals surface area contributed by atoms with Crippen LogP contribution in [0.1, 0.15) is 10.6 Å². The molecule has 0 radical (unpaired) electrons. The Labute approximate surface area is 110 Å². The lowest BCUT2D eigenvalue weighted by molar-refractivity contribution is 0.540. The highest BCUT2D eigenvalue weighted by Gasteiger charge is 2.15. The van der Waals surface area contributed by atoms with Crippen LogP contribution < -0.4 is 5.73 Å². The molecule has 0 bridgehead atoms. The van der Waals surface area contributed by atoms with Gasteiger partial charge in [0.1, 0.15) is 22.5 Å². The fourth-order valence-corrected chi connectivity index (χ4v) is 2.98. The summed E-state index contributed by atoms with van der Waals surface area (Å²) in [6, 6.07) is 2.06. The van der Waals surface area contributed by atoms with E-state index in [1.165, 1.54) is 11.3 Å². The number of amidine groups is 1. The molecule has 18 heavy (non-hydrogen) atoms. The molecule has 0 saturated carbocycles. The number of aryl methyl sites for hydroxylation is 1. The average molecular weight is 286 g/mol. The van der Waals surface area contributed by atoms with E-state index in [0.29, 0.717) is 4.34 Å². The van der Waals surface area contributed by atoms with E-state index in [4.69, 9.17) is 11.1 Å². The molecule has 2 aromatic rings. The number of hydrogen-bond donors (Lipinski definition) is 2. The first-order valence-electron chi connectivity index (χ1n) is 4.79. The number of rotatable bonds is 3. The molecule has 0 unspecified atom stereocenters.